The fourth-order valence-electron chi connectivity index (χ4n) is 4.32. The summed E-state index contributed by atoms with van der Waals surface area (Å²) in [5.41, 5.74) is 5.98. The van der Waals surface area contributed by atoms with Crippen LogP contribution in [0, 0.1) is 13.8 Å². The SMILES string of the molecule is CCCC(c1cc(C)cc(C(C)(C)CC)c1O)c1cc(C)cc(C(C)(C)CC)c1O. The van der Waals surface area contributed by atoms with Gasteiger partial charge in [0.2, 0.25) is 0 Å². The highest BCUT2D eigenvalue weighted by Crippen LogP contribution is 2.47. The van der Waals surface area contributed by atoms with Crippen LogP contribution in [0.5, 0.6) is 11.5 Å². The first-order chi connectivity index (χ1) is 13.9. The second-order valence-corrected chi connectivity index (χ2v) is 10.3. The maximum atomic E-state index is 11.4. The van der Waals surface area contributed by atoms with Crippen LogP contribution in [0.4, 0.5) is 0 Å². The molecule has 0 heterocycles. The Labute approximate surface area is 184 Å². The van der Waals surface area contributed by atoms with Gasteiger partial charge in [-0.1, -0.05) is 90.3 Å². The van der Waals surface area contributed by atoms with E-state index in [1.54, 1.807) is 0 Å². The lowest BCUT2D eigenvalue weighted by Crippen LogP contribution is -2.18. The Morgan fingerprint density at radius 1 is 0.700 bits per heavy atom. The molecule has 2 nitrogen and oxygen atoms in total. The Balaban J connectivity index is 2.80. The predicted octanol–water partition coefficient (Wildman–Crippen LogP) is 8.02. The van der Waals surface area contributed by atoms with E-state index in [9.17, 15) is 10.2 Å². The molecule has 0 aliphatic carbocycles. The summed E-state index contributed by atoms with van der Waals surface area (Å²) in [6, 6.07) is 8.45. The van der Waals surface area contributed by atoms with Crippen molar-refractivity contribution in [1.29, 1.82) is 0 Å². The molecule has 30 heavy (non-hydrogen) atoms. The molecule has 2 aromatic rings. The lowest BCUT2D eigenvalue weighted by molar-refractivity contribution is 0.411. The van der Waals surface area contributed by atoms with Crippen LogP contribution in [0.1, 0.15) is 113 Å². The van der Waals surface area contributed by atoms with E-state index in [-0.39, 0.29) is 16.7 Å². The van der Waals surface area contributed by atoms with Gasteiger partial charge in [0, 0.05) is 28.2 Å². The van der Waals surface area contributed by atoms with E-state index in [4.69, 9.17) is 0 Å². The molecule has 0 radical (unpaired) electrons. The van der Waals surface area contributed by atoms with Gasteiger partial charge in [0.25, 0.3) is 0 Å². The Kier molecular flexibility index (Phi) is 7.32. The first-order valence-corrected chi connectivity index (χ1v) is 11.6. The molecule has 0 saturated carbocycles. The Hall–Kier alpha value is -1.96. The van der Waals surface area contributed by atoms with E-state index >= 15 is 0 Å². The van der Waals surface area contributed by atoms with Gasteiger partial charge in [-0.25, -0.2) is 0 Å². The molecule has 0 aromatic heterocycles. The summed E-state index contributed by atoms with van der Waals surface area (Å²) in [6.45, 7) is 19.4. The lowest BCUT2D eigenvalue weighted by atomic mass is 9.75. The molecular weight excluding hydrogens is 368 g/mol. The molecule has 2 N–H and O–H groups in total. The second-order valence-electron chi connectivity index (χ2n) is 10.3. The minimum absolute atomic E-state index is 0.0346. The number of rotatable bonds is 8. The molecule has 0 saturated heterocycles. The number of phenolic OH excluding ortho intramolecular Hbond substituents is 2. The van der Waals surface area contributed by atoms with Crippen molar-refractivity contribution < 1.29 is 10.2 Å². The summed E-state index contributed by atoms with van der Waals surface area (Å²) < 4.78 is 0. The summed E-state index contributed by atoms with van der Waals surface area (Å²) in [7, 11) is 0. The molecule has 0 aliphatic heterocycles. The third kappa shape index (κ3) is 4.68. The molecule has 0 aliphatic rings. The van der Waals surface area contributed by atoms with E-state index in [1.165, 1.54) is 0 Å². The normalized spacial score (nSPS) is 12.6. The number of hydrogen-bond acceptors (Lipinski definition) is 2. The van der Waals surface area contributed by atoms with E-state index < -0.39 is 0 Å². The van der Waals surface area contributed by atoms with Crippen molar-refractivity contribution >= 4 is 0 Å². The molecule has 0 spiro atoms. The predicted molar refractivity (Wildman–Crippen MR) is 129 cm³/mol. The largest absolute Gasteiger partial charge is 0.507 e. The van der Waals surface area contributed by atoms with E-state index in [0.29, 0.717) is 11.5 Å². The van der Waals surface area contributed by atoms with Crippen molar-refractivity contribution in [3.8, 4) is 11.5 Å². The van der Waals surface area contributed by atoms with E-state index in [1.807, 2.05) is 0 Å². The van der Waals surface area contributed by atoms with Crippen molar-refractivity contribution in [2.45, 2.75) is 105 Å². The summed E-state index contributed by atoms with van der Waals surface area (Å²) in [6.07, 6.45) is 3.76. The fourth-order valence-corrected chi connectivity index (χ4v) is 4.32. The highest BCUT2D eigenvalue weighted by molar-refractivity contribution is 5.56. The Morgan fingerprint density at radius 2 is 1.07 bits per heavy atom. The molecule has 2 heteroatoms. The minimum atomic E-state index is -0.106. The fraction of sp³-hybridized carbons (Fsp3) is 0.571. The maximum absolute atomic E-state index is 11.4. The average Bonchev–Trinajstić information content (AvgIpc) is 2.69. The number of phenols is 2. The van der Waals surface area contributed by atoms with E-state index in [2.05, 4.69) is 86.6 Å². The smallest absolute Gasteiger partial charge is 0.123 e. The van der Waals surface area contributed by atoms with Crippen LogP contribution in [-0.4, -0.2) is 10.2 Å². The molecule has 0 atom stereocenters. The van der Waals surface area contributed by atoms with Gasteiger partial charge < -0.3 is 10.2 Å². The van der Waals surface area contributed by atoms with Crippen molar-refractivity contribution in [3.05, 3.63) is 57.6 Å². The van der Waals surface area contributed by atoms with E-state index in [0.717, 1.165) is 59.1 Å². The van der Waals surface area contributed by atoms with Gasteiger partial charge in [-0.15, -0.1) is 0 Å². The zero-order chi connectivity index (χ0) is 22.9. The van der Waals surface area contributed by atoms with Crippen molar-refractivity contribution in [2.24, 2.45) is 0 Å². The number of hydrogen-bond donors (Lipinski definition) is 2. The van der Waals surface area contributed by atoms with Crippen molar-refractivity contribution in [2.75, 3.05) is 0 Å². The standard InChI is InChI=1S/C28H42O2/c1-10-13-20(21-14-18(4)16-23(25(21)29)27(6,7)11-2)22-15-19(5)17-24(26(22)30)28(8,9)12-3/h14-17,20,29-30H,10-13H2,1-9H3. The van der Waals surface area contributed by atoms with Gasteiger partial charge in [-0.2, -0.15) is 0 Å². The third-order valence-corrected chi connectivity index (χ3v) is 7.12. The Morgan fingerprint density at radius 3 is 1.37 bits per heavy atom. The monoisotopic (exact) mass is 410 g/mol. The van der Waals surface area contributed by atoms with Crippen LogP contribution >= 0.6 is 0 Å². The van der Waals surface area contributed by atoms with Gasteiger partial charge >= 0.3 is 0 Å². The number of aromatic hydroxyl groups is 2. The second kappa shape index (κ2) is 9.04. The molecule has 2 aromatic carbocycles. The average molecular weight is 411 g/mol. The summed E-state index contributed by atoms with van der Waals surface area (Å²) in [5, 5.41) is 22.8. The highest BCUT2D eigenvalue weighted by Gasteiger charge is 2.30. The molecule has 0 amide bonds. The summed E-state index contributed by atoms with van der Waals surface area (Å²) >= 11 is 0. The van der Waals surface area contributed by atoms with Gasteiger partial charge in [0.05, 0.1) is 0 Å². The van der Waals surface area contributed by atoms with Crippen molar-refractivity contribution in [1.82, 2.24) is 0 Å². The highest BCUT2D eigenvalue weighted by atomic mass is 16.3. The maximum Gasteiger partial charge on any atom is 0.123 e. The zero-order valence-electron chi connectivity index (χ0n) is 20.6. The first-order valence-electron chi connectivity index (χ1n) is 11.6. The number of benzene rings is 2. The molecule has 0 unspecified atom stereocenters. The molecule has 0 fully saturated rings. The quantitative estimate of drug-likeness (QED) is 0.462. The van der Waals surface area contributed by atoms with Crippen LogP contribution < -0.4 is 0 Å². The Bertz CT molecular complexity index is 818. The van der Waals surface area contributed by atoms with Crippen LogP contribution in [0.15, 0.2) is 24.3 Å². The molecule has 2 rings (SSSR count). The molecule has 0 bridgehead atoms. The van der Waals surface area contributed by atoms with Gasteiger partial charge in [0.1, 0.15) is 11.5 Å². The molecular formula is C28H42O2. The van der Waals surface area contributed by atoms with Crippen molar-refractivity contribution in [3.63, 3.8) is 0 Å². The lowest BCUT2D eigenvalue weighted by Gasteiger charge is -2.30. The number of aryl methyl sites for hydroxylation is 2. The van der Waals surface area contributed by atoms with Crippen LogP contribution in [0.3, 0.4) is 0 Å². The first kappa shape index (κ1) is 24.3. The van der Waals surface area contributed by atoms with Crippen LogP contribution in [-0.2, 0) is 10.8 Å². The molecule has 166 valence electrons. The third-order valence-electron chi connectivity index (χ3n) is 7.12. The van der Waals surface area contributed by atoms with Crippen LogP contribution in [0.25, 0.3) is 0 Å². The van der Waals surface area contributed by atoms with Crippen LogP contribution in [0.2, 0.25) is 0 Å². The topological polar surface area (TPSA) is 40.5 Å². The van der Waals surface area contributed by atoms with Gasteiger partial charge in [-0.3, -0.25) is 0 Å². The van der Waals surface area contributed by atoms with Gasteiger partial charge in [0.15, 0.2) is 0 Å². The minimum Gasteiger partial charge on any atom is -0.507 e. The van der Waals surface area contributed by atoms with Gasteiger partial charge in [-0.05, 0) is 43.9 Å². The zero-order valence-corrected chi connectivity index (χ0v) is 20.6. The summed E-state index contributed by atoms with van der Waals surface area (Å²) in [4.78, 5) is 0. The summed E-state index contributed by atoms with van der Waals surface area (Å²) in [5.74, 6) is 0.749.